The van der Waals surface area contributed by atoms with Crippen molar-refractivity contribution in [3.8, 4) is 0 Å². The molecule has 4 nitrogen and oxygen atoms in total. The largest absolute Gasteiger partial charge is 0.397 e. The van der Waals surface area contributed by atoms with Crippen LogP contribution in [0.5, 0.6) is 0 Å². The van der Waals surface area contributed by atoms with Gasteiger partial charge in [-0.15, -0.1) is 0 Å². The topological polar surface area (TPSA) is 63.4 Å². The maximum atomic E-state index is 12.7. The summed E-state index contributed by atoms with van der Waals surface area (Å²) < 4.78 is 26.3. The van der Waals surface area contributed by atoms with Crippen molar-refractivity contribution in [2.24, 2.45) is 0 Å². The summed E-state index contributed by atoms with van der Waals surface area (Å²) in [4.78, 5) is -0.0986. The van der Waals surface area contributed by atoms with Gasteiger partial charge in [-0.3, -0.25) is 4.31 Å². The van der Waals surface area contributed by atoms with Crippen LogP contribution in [0.3, 0.4) is 0 Å². The summed E-state index contributed by atoms with van der Waals surface area (Å²) in [6.45, 7) is 0. The number of rotatable bonds is 3. The second kappa shape index (κ2) is 5.93. The van der Waals surface area contributed by atoms with Crippen molar-refractivity contribution >= 4 is 56.2 Å². The molecule has 0 aliphatic carbocycles. The van der Waals surface area contributed by atoms with Crippen LogP contribution in [0.2, 0.25) is 15.1 Å². The Morgan fingerprint density at radius 1 is 1.00 bits per heavy atom. The normalized spacial score (nSPS) is 11.4. The molecule has 0 aliphatic heterocycles. The van der Waals surface area contributed by atoms with Crippen LogP contribution in [0.4, 0.5) is 11.4 Å². The Hall–Kier alpha value is -1.14. The lowest BCUT2D eigenvalue weighted by molar-refractivity contribution is 0.594. The number of anilines is 2. The Bertz CT molecular complexity index is 794. The fourth-order valence-electron chi connectivity index (χ4n) is 1.74. The predicted octanol–water partition coefficient (Wildman–Crippen LogP) is 4.05. The molecule has 0 aliphatic rings. The SMILES string of the molecule is CN(c1cc(Cl)ccc1N)S(=O)(=O)c1cc(Cl)ccc1Cl. The zero-order chi connectivity index (χ0) is 15.8. The van der Waals surface area contributed by atoms with Gasteiger partial charge in [0.05, 0.1) is 16.4 Å². The zero-order valence-corrected chi connectivity index (χ0v) is 13.9. The van der Waals surface area contributed by atoms with Gasteiger partial charge >= 0.3 is 0 Å². The van der Waals surface area contributed by atoms with Gasteiger partial charge in [0, 0.05) is 17.1 Å². The average Bonchev–Trinajstić information content (AvgIpc) is 2.43. The second-order valence-electron chi connectivity index (χ2n) is 4.25. The lowest BCUT2D eigenvalue weighted by Crippen LogP contribution is -2.27. The van der Waals surface area contributed by atoms with Crippen molar-refractivity contribution in [1.82, 2.24) is 0 Å². The molecule has 112 valence electrons. The van der Waals surface area contributed by atoms with Crippen molar-refractivity contribution < 1.29 is 8.42 Å². The van der Waals surface area contributed by atoms with Gasteiger partial charge in [-0.1, -0.05) is 34.8 Å². The van der Waals surface area contributed by atoms with Crippen molar-refractivity contribution in [2.75, 3.05) is 17.1 Å². The second-order valence-corrected chi connectivity index (χ2v) is 7.47. The molecule has 2 rings (SSSR count). The van der Waals surface area contributed by atoms with Crippen molar-refractivity contribution in [2.45, 2.75) is 4.90 Å². The van der Waals surface area contributed by atoms with Gasteiger partial charge in [0.25, 0.3) is 10.0 Å². The number of nitrogens with two attached hydrogens (primary N) is 1. The van der Waals surface area contributed by atoms with Gasteiger partial charge in [0.15, 0.2) is 0 Å². The van der Waals surface area contributed by atoms with Gasteiger partial charge in [-0.05, 0) is 36.4 Å². The van der Waals surface area contributed by atoms with Crippen molar-refractivity contribution in [1.29, 1.82) is 0 Å². The maximum Gasteiger partial charge on any atom is 0.265 e. The summed E-state index contributed by atoms with van der Waals surface area (Å²) in [6, 6.07) is 8.79. The Kier molecular flexibility index (Phi) is 4.58. The number of halogens is 3. The Labute approximate surface area is 138 Å². The van der Waals surface area contributed by atoms with E-state index in [4.69, 9.17) is 40.5 Å². The maximum absolute atomic E-state index is 12.7. The number of hydrogen-bond donors (Lipinski definition) is 1. The zero-order valence-electron chi connectivity index (χ0n) is 10.8. The molecule has 0 heterocycles. The Balaban J connectivity index is 2.58. The minimum absolute atomic E-state index is 0.0758. The lowest BCUT2D eigenvalue weighted by Gasteiger charge is -2.22. The molecule has 0 spiro atoms. The lowest BCUT2D eigenvalue weighted by atomic mass is 10.3. The van der Waals surface area contributed by atoms with Crippen LogP contribution in [-0.2, 0) is 10.0 Å². The molecule has 0 bridgehead atoms. The first-order chi connectivity index (χ1) is 9.73. The number of nitrogens with zero attached hydrogens (tertiary/aromatic N) is 1. The molecule has 0 fully saturated rings. The summed E-state index contributed by atoms with van der Waals surface area (Å²) in [5.41, 5.74) is 6.35. The van der Waals surface area contributed by atoms with E-state index in [-0.39, 0.29) is 26.3 Å². The van der Waals surface area contributed by atoms with Crippen LogP contribution in [0.15, 0.2) is 41.3 Å². The van der Waals surface area contributed by atoms with Gasteiger partial charge in [-0.25, -0.2) is 8.42 Å². The number of hydrogen-bond acceptors (Lipinski definition) is 3. The Morgan fingerprint density at radius 3 is 2.24 bits per heavy atom. The quantitative estimate of drug-likeness (QED) is 0.834. The minimum Gasteiger partial charge on any atom is -0.397 e. The molecule has 2 aromatic carbocycles. The number of nitrogen functional groups attached to an aromatic ring is 1. The summed E-state index contributed by atoms with van der Waals surface area (Å²) in [5, 5.41) is 0.718. The molecule has 0 aromatic heterocycles. The van der Waals surface area contributed by atoms with Gasteiger partial charge < -0.3 is 5.73 Å². The molecule has 0 saturated heterocycles. The molecule has 0 atom stereocenters. The van der Waals surface area contributed by atoms with E-state index < -0.39 is 10.0 Å². The highest BCUT2D eigenvalue weighted by Gasteiger charge is 2.25. The monoisotopic (exact) mass is 364 g/mol. The van der Waals surface area contributed by atoms with Crippen molar-refractivity contribution in [3.63, 3.8) is 0 Å². The molecule has 8 heteroatoms. The van der Waals surface area contributed by atoms with E-state index >= 15 is 0 Å². The molecule has 0 unspecified atom stereocenters. The fraction of sp³-hybridized carbons (Fsp3) is 0.0769. The predicted molar refractivity (Wildman–Crippen MR) is 87.9 cm³/mol. The molecule has 0 amide bonds. The highest BCUT2D eigenvalue weighted by atomic mass is 35.5. The highest BCUT2D eigenvalue weighted by Crippen LogP contribution is 2.33. The van der Waals surface area contributed by atoms with E-state index in [1.807, 2.05) is 0 Å². The van der Waals surface area contributed by atoms with Crippen molar-refractivity contribution in [3.05, 3.63) is 51.5 Å². The standard InChI is InChI=1S/C13H11Cl3N2O2S/c1-18(12-6-8(14)3-5-11(12)17)21(19,20)13-7-9(15)2-4-10(13)16/h2-7H,17H2,1H3. The third kappa shape index (κ3) is 3.21. The summed E-state index contributed by atoms with van der Waals surface area (Å²) in [7, 11) is -2.54. The van der Waals surface area contributed by atoms with Crippen LogP contribution in [0, 0.1) is 0 Å². The fourth-order valence-corrected chi connectivity index (χ4v) is 3.86. The van der Waals surface area contributed by atoms with Crippen LogP contribution in [-0.4, -0.2) is 15.5 Å². The van der Waals surface area contributed by atoms with Gasteiger partial charge in [0.2, 0.25) is 0 Å². The van der Waals surface area contributed by atoms with E-state index in [1.54, 1.807) is 6.07 Å². The van der Waals surface area contributed by atoms with E-state index in [9.17, 15) is 8.42 Å². The summed E-state index contributed by atoms with van der Waals surface area (Å²) in [5.74, 6) is 0. The molecular formula is C13H11Cl3N2O2S. The summed E-state index contributed by atoms with van der Waals surface area (Å²) in [6.07, 6.45) is 0. The molecule has 0 radical (unpaired) electrons. The number of benzene rings is 2. The van der Waals surface area contributed by atoms with Crippen LogP contribution in [0.25, 0.3) is 0 Å². The molecular weight excluding hydrogens is 355 g/mol. The smallest absolute Gasteiger partial charge is 0.265 e. The average molecular weight is 366 g/mol. The third-order valence-electron chi connectivity index (χ3n) is 2.86. The van der Waals surface area contributed by atoms with Crippen LogP contribution < -0.4 is 10.0 Å². The van der Waals surface area contributed by atoms with Crippen LogP contribution in [0.1, 0.15) is 0 Å². The van der Waals surface area contributed by atoms with Gasteiger partial charge in [0.1, 0.15) is 4.90 Å². The minimum atomic E-state index is -3.91. The van der Waals surface area contributed by atoms with Gasteiger partial charge in [-0.2, -0.15) is 0 Å². The molecule has 2 aromatic rings. The van der Waals surface area contributed by atoms with E-state index in [0.29, 0.717) is 5.02 Å². The summed E-state index contributed by atoms with van der Waals surface area (Å²) >= 11 is 17.7. The third-order valence-corrected chi connectivity index (χ3v) is 5.59. The first kappa shape index (κ1) is 16.2. The molecule has 0 saturated carbocycles. The van der Waals surface area contributed by atoms with E-state index in [2.05, 4.69) is 0 Å². The van der Waals surface area contributed by atoms with E-state index in [1.165, 1.54) is 37.4 Å². The Morgan fingerprint density at radius 2 is 1.57 bits per heavy atom. The highest BCUT2D eigenvalue weighted by molar-refractivity contribution is 7.93. The molecule has 21 heavy (non-hydrogen) atoms. The first-order valence-electron chi connectivity index (χ1n) is 5.72. The first-order valence-corrected chi connectivity index (χ1v) is 8.30. The van der Waals surface area contributed by atoms with E-state index in [0.717, 1.165) is 4.31 Å². The molecule has 2 N–H and O–H groups in total. The van der Waals surface area contributed by atoms with Crippen LogP contribution >= 0.6 is 34.8 Å². The number of sulfonamides is 1.